The van der Waals surface area contributed by atoms with Crippen molar-refractivity contribution < 1.29 is 5.21 Å². The van der Waals surface area contributed by atoms with Gasteiger partial charge in [0.05, 0.1) is 0 Å². The molecule has 0 amide bonds. The SMILES string of the molecule is ON[C@H]1CC[C@H](I)C1. The van der Waals surface area contributed by atoms with Gasteiger partial charge in [0, 0.05) is 9.97 Å². The molecule has 0 saturated heterocycles. The number of halogens is 1. The summed E-state index contributed by atoms with van der Waals surface area (Å²) in [5, 5.41) is 8.43. The summed E-state index contributed by atoms with van der Waals surface area (Å²) in [6.45, 7) is 0. The van der Waals surface area contributed by atoms with Crippen LogP contribution >= 0.6 is 22.6 Å². The highest BCUT2D eigenvalue weighted by Crippen LogP contribution is 2.25. The van der Waals surface area contributed by atoms with E-state index in [2.05, 4.69) is 28.1 Å². The molecule has 0 aromatic rings. The summed E-state index contributed by atoms with van der Waals surface area (Å²) in [4.78, 5) is 0. The molecule has 0 heterocycles. The van der Waals surface area contributed by atoms with Crippen molar-refractivity contribution in [3.63, 3.8) is 0 Å². The molecular formula is C5H10INO. The van der Waals surface area contributed by atoms with Crippen molar-refractivity contribution in [1.29, 1.82) is 0 Å². The van der Waals surface area contributed by atoms with Crippen LogP contribution in [0.5, 0.6) is 0 Å². The topological polar surface area (TPSA) is 32.3 Å². The van der Waals surface area contributed by atoms with Crippen LogP contribution in [0, 0.1) is 0 Å². The van der Waals surface area contributed by atoms with Crippen LogP contribution in [0.25, 0.3) is 0 Å². The van der Waals surface area contributed by atoms with E-state index < -0.39 is 0 Å². The van der Waals surface area contributed by atoms with E-state index >= 15 is 0 Å². The molecule has 1 aliphatic carbocycles. The van der Waals surface area contributed by atoms with E-state index in [1.54, 1.807) is 0 Å². The molecule has 0 spiro atoms. The Kier molecular flexibility index (Phi) is 2.52. The molecule has 2 atom stereocenters. The summed E-state index contributed by atoms with van der Waals surface area (Å²) in [6, 6.07) is 0.372. The maximum Gasteiger partial charge on any atom is 0.0330 e. The Balaban J connectivity index is 2.22. The van der Waals surface area contributed by atoms with Gasteiger partial charge in [-0.2, -0.15) is 0 Å². The van der Waals surface area contributed by atoms with Crippen LogP contribution in [0.1, 0.15) is 19.3 Å². The molecule has 2 N–H and O–H groups in total. The van der Waals surface area contributed by atoms with Gasteiger partial charge in [-0.1, -0.05) is 22.6 Å². The smallest absolute Gasteiger partial charge is 0.0330 e. The first kappa shape index (κ1) is 6.77. The lowest BCUT2D eigenvalue weighted by Crippen LogP contribution is -2.21. The maximum atomic E-state index is 8.43. The summed E-state index contributed by atoms with van der Waals surface area (Å²) in [5.41, 5.74) is 2.29. The van der Waals surface area contributed by atoms with Gasteiger partial charge in [0.15, 0.2) is 0 Å². The molecule has 2 nitrogen and oxygen atoms in total. The standard InChI is InChI=1S/C5H10INO/c6-4-1-2-5(3-4)7-8/h4-5,7-8H,1-3H2/t4-,5-/m0/s1. The highest BCUT2D eigenvalue weighted by atomic mass is 127. The molecule has 3 heteroatoms. The van der Waals surface area contributed by atoms with Crippen LogP contribution in [0.15, 0.2) is 0 Å². The predicted octanol–water partition coefficient (Wildman–Crippen LogP) is 1.32. The Bertz CT molecular complexity index is 78.8. The molecular weight excluding hydrogens is 217 g/mol. The minimum absolute atomic E-state index is 0.372. The van der Waals surface area contributed by atoms with Crippen molar-refractivity contribution >= 4 is 22.6 Å². The van der Waals surface area contributed by atoms with Gasteiger partial charge in [-0.3, -0.25) is 0 Å². The van der Waals surface area contributed by atoms with E-state index in [0.717, 1.165) is 16.8 Å². The second-order valence-electron chi connectivity index (χ2n) is 2.24. The minimum atomic E-state index is 0.372. The van der Waals surface area contributed by atoms with E-state index in [1.807, 2.05) is 0 Å². The van der Waals surface area contributed by atoms with Crippen LogP contribution in [0.2, 0.25) is 0 Å². The van der Waals surface area contributed by atoms with Crippen molar-refractivity contribution in [2.45, 2.75) is 29.2 Å². The number of hydroxylamine groups is 1. The molecule has 0 aromatic heterocycles. The van der Waals surface area contributed by atoms with Crippen molar-refractivity contribution in [1.82, 2.24) is 5.48 Å². The van der Waals surface area contributed by atoms with E-state index in [9.17, 15) is 0 Å². The second-order valence-corrected chi connectivity index (χ2v) is 4.00. The van der Waals surface area contributed by atoms with Gasteiger partial charge in [0.2, 0.25) is 0 Å². The number of hydrogen-bond acceptors (Lipinski definition) is 2. The Labute approximate surface area is 62.8 Å². The maximum absolute atomic E-state index is 8.43. The first-order valence-electron chi connectivity index (χ1n) is 2.86. The van der Waals surface area contributed by atoms with E-state index in [4.69, 9.17) is 5.21 Å². The molecule has 8 heavy (non-hydrogen) atoms. The third-order valence-electron chi connectivity index (χ3n) is 1.55. The molecule has 1 rings (SSSR count). The van der Waals surface area contributed by atoms with E-state index in [-0.39, 0.29) is 0 Å². The van der Waals surface area contributed by atoms with E-state index in [1.165, 1.54) is 6.42 Å². The third-order valence-corrected chi connectivity index (χ3v) is 2.68. The zero-order chi connectivity index (χ0) is 5.98. The van der Waals surface area contributed by atoms with Gasteiger partial charge < -0.3 is 5.21 Å². The Morgan fingerprint density at radius 3 is 2.50 bits per heavy atom. The molecule has 1 aliphatic rings. The first-order valence-corrected chi connectivity index (χ1v) is 4.11. The molecule has 0 bridgehead atoms. The second kappa shape index (κ2) is 2.98. The fourth-order valence-electron chi connectivity index (χ4n) is 1.04. The summed E-state index contributed by atoms with van der Waals surface area (Å²) in [6.07, 6.45) is 3.50. The fourth-order valence-corrected chi connectivity index (χ4v) is 2.02. The molecule has 1 fully saturated rings. The summed E-state index contributed by atoms with van der Waals surface area (Å²) < 4.78 is 0.775. The number of alkyl halides is 1. The average molecular weight is 227 g/mol. The average Bonchev–Trinajstić information content (AvgIpc) is 2.14. The zero-order valence-electron chi connectivity index (χ0n) is 4.60. The fraction of sp³-hybridized carbons (Fsp3) is 1.00. The van der Waals surface area contributed by atoms with E-state index in [0.29, 0.717) is 6.04 Å². The lowest BCUT2D eigenvalue weighted by molar-refractivity contribution is 0.128. The molecule has 48 valence electrons. The van der Waals surface area contributed by atoms with Crippen LogP contribution in [-0.4, -0.2) is 15.2 Å². The Morgan fingerprint density at radius 1 is 1.50 bits per heavy atom. The summed E-state index contributed by atoms with van der Waals surface area (Å²) in [5.74, 6) is 0. The van der Waals surface area contributed by atoms with Crippen LogP contribution in [0.4, 0.5) is 0 Å². The predicted molar refractivity (Wildman–Crippen MR) is 40.4 cm³/mol. The highest BCUT2D eigenvalue weighted by molar-refractivity contribution is 14.1. The Hall–Kier alpha value is 0.650. The monoisotopic (exact) mass is 227 g/mol. The first-order chi connectivity index (χ1) is 3.83. The van der Waals surface area contributed by atoms with Gasteiger partial charge in [0.25, 0.3) is 0 Å². The Morgan fingerprint density at radius 2 is 2.25 bits per heavy atom. The number of rotatable bonds is 1. The third kappa shape index (κ3) is 1.56. The van der Waals surface area contributed by atoms with Gasteiger partial charge >= 0.3 is 0 Å². The van der Waals surface area contributed by atoms with Crippen LogP contribution in [0.3, 0.4) is 0 Å². The molecule has 1 saturated carbocycles. The zero-order valence-corrected chi connectivity index (χ0v) is 6.76. The normalized spacial score (nSPS) is 38.2. The van der Waals surface area contributed by atoms with Crippen molar-refractivity contribution in [2.24, 2.45) is 0 Å². The van der Waals surface area contributed by atoms with Gasteiger partial charge in [0.1, 0.15) is 0 Å². The number of hydrogen-bond donors (Lipinski definition) is 2. The lowest BCUT2D eigenvalue weighted by Gasteiger charge is -2.02. The molecule has 0 aliphatic heterocycles. The van der Waals surface area contributed by atoms with Crippen molar-refractivity contribution in [2.75, 3.05) is 0 Å². The highest BCUT2D eigenvalue weighted by Gasteiger charge is 2.20. The van der Waals surface area contributed by atoms with Crippen LogP contribution < -0.4 is 5.48 Å². The van der Waals surface area contributed by atoms with Crippen molar-refractivity contribution in [3.05, 3.63) is 0 Å². The van der Waals surface area contributed by atoms with Crippen molar-refractivity contribution in [3.8, 4) is 0 Å². The van der Waals surface area contributed by atoms with Gasteiger partial charge in [-0.05, 0) is 19.3 Å². The number of nitrogens with one attached hydrogen (secondary N) is 1. The van der Waals surface area contributed by atoms with Gasteiger partial charge in [-0.15, -0.1) is 0 Å². The molecule has 0 radical (unpaired) electrons. The van der Waals surface area contributed by atoms with Gasteiger partial charge in [-0.25, -0.2) is 5.48 Å². The molecule has 0 aromatic carbocycles. The summed E-state index contributed by atoms with van der Waals surface area (Å²) >= 11 is 2.42. The largest absolute Gasteiger partial charge is 0.317 e. The lowest BCUT2D eigenvalue weighted by atomic mass is 10.3. The van der Waals surface area contributed by atoms with Crippen LogP contribution in [-0.2, 0) is 0 Å². The minimum Gasteiger partial charge on any atom is -0.317 e. The molecule has 0 unspecified atom stereocenters. The summed E-state index contributed by atoms with van der Waals surface area (Å²) in [7, 11) is 0. The quantitative estimate of drug-likeness (QED) is 0.402.